The van der Waals surface area contributed by atoms with Gasteiger partial charge in [0, 0.05) is 6.54 Å². The van der Waals surface area contributed by atoms with Crippen LogP contribution >= 0.6 is 0 Å². The van der Waals surface area contributed by atoms with Crippen LogP contribution in [-0.2, 0) is 19.6 Å². The Hall–Kier alpha value is -1.41. The molecule has 1 atom stereocenters. The molecule has 0 radical (unpaired) electrons. The molecule has 2 rings (SSSR count). The summed E-state index contributed by atoms with van der Waals surface area (Å²) in [6.07, 6.45) is 1.14. The van der Waals surface area contributed by atoms with Gasteiger partial charge in [0.25, 0.3) is 0 Å². The number of sulfonamides is 1. The van der Waals surface area contributed by atoms with Crippen LogP contribution < -0.4 is 0 Å². The van der Waals surface area contributed by atoms with Crippen molar-refractivity contribution in [3.8, 4) is 0 Å². The van der Waals surface area contributed by atoms with Gasteiger partial charge in [0.1, 0.15) is 10.9 Å². The summed E-state index contributed by atoms with van der Waals surface area (Å²) < 4.78 is 31.1. The number of carbonyl (C=O) groups is 1. The molecule has 0 amide bonds. The molecule has 7 nitrogen and oxygen atoms in total. The number of methoxy groups -OCH3 is 1. The number of H-pyrrole nitrogens is 1. The van der Waals surface area contributed by atoms with E-state index in [-0.39, 0.29) is 4.90 Å². The summed E-state index contributed by atoms with van der Waals surface area (Å²) in [4.78, 5) is 11.8. The highest BCUT2D eigenvalue weighted by molar-refractivity contribution is 7.89. The minimum Gasteiger partial charge on any atom is -0.468 e. The van der Waals surface area contributed by atoms with E-state index in [1.54, 1.807) is 13.8 Å². The summed E-state index contributed by atoms with van der Waals surface area (Å²) in [5.41, 5.74) is 0.890. The van der Waals surface area contributed by atoms with Crippen LogP contribution in [0.3, 0.4) is 0 Å². The summed E-state index contributed by atoms with van der Waals surface area (Å²) in [7, 11) is -2.46. The van der Waals surface area contributed by atoms with E-state index < -0.39 is 22.0 Å². The van der Waals surface area contributed by atoms with E-state index in [0.29, 0.717) is 30.8 Å². The van der Waals surface area contributed by atoms with Gasteiger partial charge in [-0.25, -0.2) is 8.42 Å². The van der Waals surface area contributed by atoms with Crippen LogP contribution in [0.1, 0.15) is 24.2 Å². The van der Waals surface area contributed by atoms with Crippen molar-refractivity contribution in [3.05, 3.63) is 11.4 Å². The largest absolute Gasteiger partial charge is 0.468 e. The Morgan fingerprint density at radius 3 is 2.68 bits per heavy atom. The first-order chi connectivity index (χ1) is 8.89. The van der Waals surface area contributed by atoms with E-state index in [4.69, 9.17) is 0 Å². The van der Waals surface area contributed by atoms with E-state index in [2.05, 4.69) is 14.9 Å². The highest BCUT2D eigenvalue weighted by atomic mass is 32.2. The van der Waals surface area contributed by atoms with Crippen molar-refractivity contribution in [1.29, 1.82) is 0 Å². The molecule has 0 spiro atoms. The number of rotatable bonds is 3. The molecule has 19 heavy (non-hydrogen) atoms. The fraction of sp³-hybridized carbons (Fsp3) is 0.636. The van der Waals surface area contributed by atoms with Crippen LogP contribution in [0, 0.1) is 13.8 Å². The molecule has 0 aliphatic carbocycles. The third-order valence-corrected chi connectivity index (χ3v) is 5.48. The molecule has 0 saturated carbocycles. The maximum absolute atomic E-state index is 12.6. The predicted octanol–water partition coefficient (Wildman–Crippen LogP) is 0.353. The maximum atomic E-state index is 12.6. The molecule has 1 unspecified atom stereocenters. The average Bonchev–Trinajstić information content (AvgIpc) is 2.95. The number of nitrogens with one attached hydrogen (secondary N) is 1. The third kappa shape index (κ3) is 2.25. The van der Waals surface area contributed by atoms with Gasteiger partial charge >= 0.3 is 5.97 Å². The first kappa shape index (κ1) is 14.0. The summed E-state index contributed by atoms with van der Waals surface area (Å²) in [5.74, 6) is -0.514. The van der Waals surface area contributed by atoms with Gasteiger partial charge in [-0.1, -0.05) is 0 Å². The van der Waals surface area contributed by atoms with Gasteiger partial charge in [0.15, 0.2) is 0 Å². The first-order valence-electron chi connectivity index (χ1n) is 6.01. The van der Waals surface area contributed by atoms with Gasteiger partial charge in [-0.15, -0.1) is 0 Å². The Labute approximate surface area is 112 Å². The molecule has 0 aromatic carbocycles. The Balaban J connectivity index is 2.43. The molecule has 1 fully saturated rings. The smallest absolute Gasteiger partial charge is 0.324 e. The van der Waals surface area contributed by atoms with E-state index in [9.17, 15) is 13.2 Å². The van der Waals surface area contributed by atoms with E-state index in [1.807, 2.05) is 0 Å². The van der Waals surface area contributed by atoms with Gasteiger partial charge in [-0.05, 0) is 26.7 Å². The van der Waals surface area contributed by atoms with Crippen molar-refractivity contribution in [3.63, 3.8) is 0 Å². The van der Waals surface area contributed by atoms with Crippen molar-refractivity contribution >= 4 is 16.0 Å². The molecule has 1 aliphatic heterocycles. The lowest BCUT2D eigenvalue weighted by Crippen LogP contribution is -2.41. The molecule has 2 heterocycles. The number of hydrogen-bond acceptors (Lipinski definition) is 5. The second kappa shape index (κ2) is 4.93. The van der Waals surface area contributed by atoms with Crippen LogP contribution in [0.15, 0.2) is 4.90 Å². The lowest BCUT2D eigenvalue weighted by molar-refractivity contribution is -0.144. The third-order valence-electron chi connectivity index (χ3n) is 3.30. The standard InChI is InChI=1S/C11H17N3O4S/c1-7-10(8(2)13-12-7)19(16,17)14-6-4-5-9(14)11(15)18-3/h9H,4-6H2,1-3H3,(H,12,13). The number of ether oxygens (including phenoxy) is 1. The number of hydrogen-bond donors (Lipinski definition) is 1. The zero-order valence-corrected chi connectivity index (χ0v) is 12.0. The van der Waals surface area contributed by atoms with E-state index in [0.717, 1.165) is 0 Å². The molecular formula is C11H17N3O4S. The zero-order chi connectivity index (χ0) is 14.2. The number of aromatic amines is 1. The second-order valence-corrected chi connectivity index (χ2v) is 6.39. The molecule has 1 aromatic heterocycles. The fourth-order valence-corrected chi connectivity index (χ4v) is 4.42. The molecule has 1 aliphatic rings. The van der Waals surface area contributed by atoms with Gasteiger partial charge in [0.2, 0.25) is 10.0 Å². The average molecular weight is 287 g/mol. The monoisotopic (exact) mass is 287 g/mol. The highest BCUT2D eigenvalue weighted by Gasteiger charge is 2.41. The molecule has 1 aromatic rings. The lowest BCUT2D eigenvalue weighted by Gasteiger charge is -2.22. The Morgan fingerprint density at radius 1 is 1.47 bits per heavy atom. The van der Waals surface area contributed by atoms with Crippen molar-refractivity contribution in [2.75, 3.05) is 13.7 Å². The topological polar surface area (TPSA) is 92.4 Å². The summed E-state index contributed by atoms with van der Waals surface area (Å²) in [6, 6.07) is -0.733. The first-order valence-corrected chi connectivity index (χ1v) is 7.45. The van der Waals surface area contributed by atoms with Crippen LogP contribution in [0.4, 0.5) is 0 Å². The van der Waals surface area contributed by atoms with Gasteiger partial charge in [0.05, 0.1) is 18.5 Å². The minimum absolute atomic E-state index is 0.156. The molecule has 8 heteroatoms. The van der Waals surface area contributed by atoms with Crippen molar-refractivity contribution in [2.24, 2.45) is 0 Å². The summed E-state index contributed by atoms with van der Waals surface area (Å²) in [6.45, 7) is 3.60. The molecule has 106 valence electrons. The number of aromatic nitrogens is 2. The van der Waals surface area contributed by atoms with Crippen molar-refractivity contribution in [1.82, 2.24) is 14.5 Å². The van der Waals surface area contributed by atoms with Gasteiger partial charge in [-0.3, -0.25) is 9.89 Å². The van der Waals surface area contributed by atoms with Crippen LogP contribution in [0.5, 0.6) is 0 Å². The van der Waals surface area contributed by atoms with E-state index in [1.165, 1.54) is 11.4 Å². The minimum atomic E-state index is -3.72. The Morgan fingerprint density at radius 2 is 2.16 bits per heavy atom. The highest BCUT2D eigenvalue weighted by Crippen LogP contribution is 2.29. The number of esters is 1. The van der Waals surface area contributed by atoms with E-state index >= 15 is 0 Å². The molecular weight excluding hydrogens is 270 g/mol. The van der Waals surface area contributed by atoms with Crippen molar-refractivity contribution < 1.29 is 17.9 Å². The zero-order valence-electron chi connectivity index (χ0n) is 11.1. The predicted molar refractivity (Wildman–Crippen MR) is 67.0 cm³/mol. The van der Waals surface area contributed by atoms with Crippen molar-refractivity contribution in [2.45, 2.75) is 37.6 Å². The Bertz CT molecular complexity index is 574. The molecule has 0 bridgehead atoms. The SMILES string of the molecule is COC(=O)C1CCCN1S(=O)(=O)c1c(C)n[nH]c1C. The fourth-order valence-electron chi connectivity index (χ4n) is 2.44. The number of carbonyl (C=O) groups excluding carboxylic acids is 1. The van der Waals surface area contributed by atoms with Crippen LogP contribution in [0.2, 0.25) is 0 Å². The quantitative estimate of drug-likeness (QED) is 0.810. The molecule has 1 N–H and O–H groups in total. The van der Waals surface area contributed by atoms with Crippen LogP contribution in [-0.4, -0.2) is 48.6 Å². The van der Waals surface area contributed by atoms with Gasteiger partial charge in [-0.2, -0.15) is 9.40 Å². The number of aryl methyl sites for hydroxylation is 2. The van der Waals surface area contributed by atoms with Crippen LogP contribution in [0.25, 0.3) is 0 Å². The number of nitrogens with zero attached hydrogens (tertiary/aromatic N) is 2. The maximum Gasteiger partial charge on any atom is 0.324 e. The lowest BCUT2D eigenvalue weighted by atomic mass is 10.2. The Kier molecular flexibility index (Phi) is 3.64. The second-order valence-electron chi connectivity index (χ2n) is 4.56. The van der Waals surface area contributed by atoms with Gasteiger partial charge < -0.3 is 4.74 Å². The summed E-state index contributed by atoms with van der Waals surface area (Å²) >= 11 is 0. The summed E-state index contributed by atoms with van der Waals surface area (Å²) in [5, 5.41) is 6.55. The molecule has 1 saturated heterocycles. The normalized spacial score (nSPS) is 20.7.